The Balaban J connectivity index is 1.87. The molecule has 7 heteroatoms. The minimum Gasteiger partial charge on any atom is -0.390 e. The number of aliphatic hydroxyl groups is 1. The van der Waals surface area contributed by atoms with Crippen molar-refractivity contribution in [2.75, 3.05) is 12.4 Å². The zero-order valence-electron chi connectivity index (χ0n) is 11.5. The predicted molar refractivity (Wildman–Crippen MR) is 74.0 cm³/mol. The predicted octanol–water partition coefficient (Wildman–Crippen LogP) is 0.950. The number of nitrogens with zero attached hydrogens (tertiary/aromatic N) is 3. The Morgan fingerprint density at radius 1 is 1.47 bits per heavy atom. The minimum atomic E-state index is -0.488. The van der Waals surface area contributed by atoms with Gasteiger partial charge in [0.1, 0.15) is 5.82 Å². The van der Waals surface area contributed by atoms with Crippen molar-refractivity contribution in [1.82, 2.24) is 14.8 Å². The summed E-state index contributed by atoms with van der Waals surface area (Å²) < 4.78 is 7.49. The summed E-state index contributed by atoms with van der Waals surface area (Å²) in [4.78, 5) is 0. The first-order valence-electron chi connectivity index (χ1n) is 6.68. The SMILES string of the molecule is CC(C)OCC(O)CSc1nnc(CN)n1C1CC1. The lowest BCUT2D eigenvalue weighted by molar-refractivity contribution is 0.0152. The van der Waals surface area contributed by atoms with E-state index in [-0.39, 0.29) is 6.10 Å². The zero-order chi connectivity index (χ0) is 13.8. The Bertz CT molecular complexity index is 406. The van der Waals surface area contributed by atoms with E-state index < -0.39 is 6.10 Å². The number of ether oxygens (including phenoxy) is 1. The van der Waals surface area contributed by atoms with E-state index in [9.17, 15) is 5.11 Å². The average Bonchev–Trinajstić information content (AvgIpc) is 3.14. The first-order valence-corrected chi connectivity index (χ1v) is 7.66. The molecule has 19 heavy (non-hydrogen) atoms. The fraction of sp³-hybridized carbons (Fsp3) is 0.833. The molecule has 0 saturated heterocycles. The van der Waals surface area contributed by atoms with E-state index in [2.05, 4.69) is 14.8 Å². The molecule has 2 rings (SSSR count). The summed E-state index contributed by atoms with van der Waals surface area (Å²) in [6.45, 7) is 4.67. The van der Waals surface area contributed by atoms with Gasteiger partial charge in [0.25, 0.3) is 0 Å². The van der Waals surface area contributed by atoms with Crippen LogP contribution in [0.3, 0.4) is 0 Å². The summed E-state index contributed by atoms with van der Waals surface area (Å²) >= 11 is 1.52. The van der Waals surface area contributed by atoms with Crippen LogP contribution >= 0.6 is 11.8 Å². The second kappa shape index (κ2) is 6.69. The second-order valence-electron chi connectivity index (χ2n) is 5.05. The number of thioether (sulfide) groups is 1. The third-order valence-corrected chi connectivity index (χ3v) is 3.94. The largest absolute Gasteiger partial charge is 0.390 e. The molecule has 1 heterocycles. The summed E-state index contributed by atoms with van der Waals surface area (Å²) in [7, 11) is 0. The van der Waals surface area contributed by atoms with Crippen LogP contribution in [0.25, 0.3) is 0 Å². The fourth-order valence-electron chi connectivity index (χ4n) is 1.77. The Hall–Kier alpha value is -0.630. The molecule has 0 bridgehead atoms. The topological polar surface area (TPSA) is 86.2 Å². The zero-order valence-corrected chi connectivity index (χ0v) is 12.3. The van der Waals surface area contributed by atoms with Crippen LogP contribution < -0.4 is 5.73 Å². The highest BCUT2D eigenvalue weighted by atomic mass is 32.2. The van der Waals surface area contributed by atoms with Gasteiger partial charge in [-0.25, -0.2) is 0 Å². The highest BCUT2D eigenvalue weighted by Crippen LogP contribution is 2.38. The number of hydrogen-bond donors (Lipinski definition) is 2. The van der Waals surface area contributed by atoms with Gasteiger partial charge in [0, 0.05) is 11.8 Å². The van der Waals surface area contributed by atoms with Crippen LogP contribution in [0, 0.1) is 0 Å². The lowest BCUT2D eigenvalue weighted by Gasteiger charge is -2.13. The van der Waals surface area contributed by atoms with E-state index in [4.69, 9.17) is 10.5 Å². The third-order valence-electron chi connectivity index (χ3n) is 2.86. The molecule has 1 atom stereocenters. The van der Waals surface area contributed by atoms with Crippen molar-refractivity contribution >= 4 is 11.8 Å². The summed E-state index contributed by atoms with van der Waals surface area (Å²) in [5.74, 6) is 1.39. The minimum absolute atomic E-state index is 0.138. The molecule has 0 spiro atoms. The summed E-state index contributed by atoms with van der Waals surface area (Å²) in [6, 6.07) is 0.500. The number of nitrogens with two attached hydrogens (primary N) is 1. The van der Waals surface area contributed by atoms with Gasteiger partial charge in [-0.2, -0.15) is 0 Å². The lowest BCUT2D eigenvalue weighted by Crippen LogP contribution is -2.21. The molecule has 1 saturated carbocycles. The van der Waals surface area contributed by atoms with Crippen molar-refractivity contribution in [3.05, 3.63) is 5.82 Å². The van der Waals surface area contributed by atoms with Crippen molar-refractivity contribution in [2.24, 2.45) is 5.73 Å². The molecule has 1 aliphatic rings. The monoisotopic (exact) mass is 286 g/mol. The molecule has 1 unspecified atom stereocenters. The van der Waals surface area contributed by atoms with Crippen molar-refractivity contribution in [1.29, 1.82) is 0 Å². The lowest BCUT2D eigenvalue weighted by atomic mass is 10.4. The molecule has 1 aromatic rings. The summed E-state index contributed by atoms with van der Waals surface area (Å²) in [5.41, 5.74) is 5.66. The molecule has 0 amide bonds. The highest BCUT2D eigenvalue weighted by molar-refractivity contribution is 7.99. The van der Waals surface area contributed by atoms with Crippen LogP contribution in [0.15, 0.2) is 5.16 Å². The molecule has 1 aromatic heterocycles. The molecule has 0 aromatic carbocycles. The van der Waals surface area contributed by atoms with Gasteiger partial charge in [0.15, 0.2) is 5.16 Å². The van der Waals surface area contributed by atoms with Gasteiger partial charge in [0.05, 0.1) is 25.4 Å². The van der Waals surface area contributed by atoms with Gasteiger partial charge < -0.3 is 20.1 Å². The van der Waals surface area contributed by atoms with Crippen molar-refractivity contribution < 1.29 is 9.84 Å². The molecular formula is C12H22N4O2S. The fourth-order valence-corrected chi connectivity index (χ4v) is 2.70. The number of aromatic nitrogens is 3. The molecular weight excluding hydrogens is 264 g/mol. The molecule has 1 aliphatic carbocycles. The highest BCUT2D eigenvalue weighted by Gasteiger charge is 2.29. The van der Waals surface area contributed by atoms with Gasteiger partial charge in [-0.1, -0.05) is 11.8 Å². The van der Waals surface area contributed by atoms with Gasteiger partial charge in [-0.3, -0.25) is 0 Å². The Labute approximate surface area is 117 Å². The summed E-state index contributed by atoms with van der Waals surface area (Å²) in [5, 5.41) is 19.0. The van der Waals surface area contributed by atoms with E-state index in [0.29, 0.717) is 24.9 Å². The standard InChI is InChI=1S/C12H22N4O2S/c1-8(2)18-6-10(17)7-19-12-15-14-11(5-13)16(12)9-3-4-9/h8-10,17H,3-7,13H2,1-2H3. The van der Waals surface area contributed by atoms with Gasteiger partial charge in [-0.15, -0.1) is 10.2 Å². The Morgan fingerprint density at radius 3 is 2.79 bits per heavy atom. The van der Waals surface area contributed by atoms with E-state index in [1.54, 1.807) is 0 Å². The maximum Gasteiger partial charge on any atom is 0.191 e. The van der Waals surface area contributed by atoms with Crippen molar-refractivity contribution in [3.63, 3.8) is 0 Å². The number of hydrogen-bond acceptors (Lipinski definition) is 6. The van der Waals surface area contributed by atoms with E-state index >= 15 is 0 Å². The molecule has 6 nitrogen and oxygen atoms in total. The van der Waals surface area contributed by atoms with E-state index in [1.165, 1.54) is 11.8 Å². The summed E-state index contributed by atoms with van der Waals surface area (Å²) in [6.07, 6.45) is 1.98. The first kappa shape index (κ1) is 14.8. The maximum absolute atomic E-state index is 9.84. The smallest absolute Gasteiger partial charge is 0.191 e. The maximum atomic E-state index is 9.84. The second-order valence-corrected chi connectivity index (χ2v) is 6.04. The van der Waals surface area contributed by atoms with Gasteiger partial charge >= 0.3 is 0 Å². The molecule has 1 fully saturated rings. The van der Waals surface area contributed by atoms with Gasteiger partial charge in [0.2, 0.25) is 0 Å². The molecule has 0 aliphatic heterocycles. The third kappa shape index (κ3) is 4.17. The molecule has 0 radical (unpaired) electrons. The van der Waals surface area contributed by atoms with E-state index in [1.807, 2.05) is 13.8 Å². The van der Waals surface area contributed by atoms with Crippen LogP contribution in [0.5, 0.6) is 0 Å². The van der Waals surface area contributed by atoms with Gasteiger partial charge in [-0.05, 0) is 26.7 Å². The molecule has 3 N–H and O–H groups in total. The average molecular weight is 286 g/mol. The number of aliphatic hydroxyl groups excluding tert-OH is 1. The van der Waals surface area contributed by atoms with Crippen molar-refractivity contribution in [2.45, 2.75) is 56.6 Å². The van der Waals surface area contributed by atoms with Crippen LogP contribution in [-0.4, -0.2) is 44.4 Å². The van der Waals surface area contributed by atoms with Crippen LogP contribution in [0.4, 0.5) is 0 Å². The Morgan fingerprint density at radius 2 is 2.21 bits per heavy atom. The van der Waals surface area contributed by atoms with Crippen molar-refractivity contribution in [3.8, 4) is 0 Å². The van der Waals surface area contributed by atoms with Crippen LogP contribution in [-0.2, 0) is 11.3 Å². The van der Waals surface area contributed by atoms with E-state index in [0.717, 1.165) is 23.8 Å². The first-order chi connectivity index (χ1) is 9.11. The van der Waals surface area contributed by atoms with Crippen LogP contribution in [0.2, 0.25) is 0 Å². The molecule has 108 valence electrons. The Kier molecular flexibility index (Phi) is 5.20. The number of rotatable bonds is 8. The normalized spacial score (nSPS) is 17.1. The van der Waals surface area contributed by atoms with Crippen LogP contribution in [0.1, 0.15) is 38.6 Å². The quantitative estimate of drug-likeness (QED) is 0.692.